The van der Waals surface area contributed by atoms with E-state index >= 15 is 0 Å². The molecule has 1 saturated carbocycles. The Morgan fingerprint density at radius 2 is 1.62 bits per heavy atom. The topological polar surface area (TPSA) is 78.7 Å². The van der Waals surface area contributed by atoms with Crippen molar-refractivity contribution >= 4 is 36.6 Å². The van der Waals surface area contributed by atoms with Crippen molar-refractivity contribution in [1.29, 1.82) is 0 Å². The highest BCUT2D eigenvalue weighted by molar-refractivity contribution is 5.85. The molecule has 142 valence electrons. The molecular formula is C16H32Cl2N4O2. The molecule has 1 aliphatic carbocycles. The molecule has 0 aromatic heterocycles. The maximum absolute atomic E-state index is 12.3. The van der Waals surface area contributed by atoms with Gasteiger partial charge in [0, 0.05) is 32.2 Å². The number of nitrogens with zero attached hydrogens (tertiary/aromatic N) is 2. The van der Waals surface area contributed by atoms with Gasteiger partial charge in [0.25, 0.3) is 0 Å². The number of nitrogens with one attached hydrogen (secondary N) is 1. The highest BCUT2D eigenvalue weighted by atomic mass is 35.5. The van der Waals surface area contributed by atoms with E-state index in [0.717, 1.165) is 32.4 Å². The first-order chi connectivity index (χ1) is 10.4. The molecule has 2 rings (SSSR count). The van der Waals surface area contributed by atoms with Gasteiger partial charge in [-0.15, -0.1) is 24.8 Å². The Morgan fingerprint density at radius 3 is 2.08 bits per heavy atom. The largest absolute Gasteiger partial charge is 0.352 e. The number of hydrogen-bond donors (Lipinski definition) is 2. The zero-order chi connectivity index (χ0) is 16.3. The number of piperazine rings is 1. The summed E-state index contributed by atoms with van der Waals surface area (Å²) in [5.41, 5.74) is 5.98. The molecule has 3 N–H and O–H groups in total. The molecule has 2 fully saturated rings. The summed E-state index contributed by atoms with van der Waals surface area (Å²) in [4.78, 5) is 28.4. The van der Waals surface area contributed by atoms with Gasteiger partial charge in [-0.05, 0) is 32.1 Å². The lowest BCUT2D eigenvalue weighted by Crippen LogP contribution is -2.57. The molecule has 0 aromatic carbocycles. The number of amides is 2. The standard InChI is InChI=1S/C16H30N4O2.2ClH/c1-11(2)10-14(17)16(22)20-8-6-19(7-9-20)12(3)15(21)18-13-4-5-13;;/h11-14H,4-10,17H2,1-3H3,(H,18,21);2*1H/t12?,14-;;/m0../s1. The van der Waals surface area contributed by atoms with Crippen molar-refractivity contribution in [3.63, 3.8) is 0 Å². The first kappa shape index (κ1) is 23.4. The Kier molecular flexibility index (Phi) is 10.2. The summed E-state index contributed by atoms with van der Waals surface area (Å²) >= 11 is 0. The van der Waals surface area contributed by atoms with E-state index in [-0.39, 0.29) is 42.7 Å². The van der Waals surface area contributed by atoms with E-state index in [1.165, 1.54) is 0 Å². The third-order valence-electron chi connectivity index (χ3n) is 4.52. The van der Waals surface area contributed by atoms with E-state index in [2.05, 4.69) is 24.1 Å². The summed E-state index contributed by atoms with van der Waals surface area (Å²) < 4.78 is 0. The Balaban J connectivity index is 0.00000264. The van der Waals surface area contributed by atoms with Crippen LogP contribution in [-0.4, -0.2) is 65.9 Å². The highest BCUT2D eigenvalue weighted by Crippen LogP contribution is 2.19. The molecule has 2 atom stereocenters. The van der Waals surface area contributed by atoms with Gasteiger partial charge in [-0.3, -0.25) is 14.5 Å². The molecule has 1 heterocycles. The summed E-state index contributed by atoms with van der Waals surface area (Å²) in [5.74, 6) is 0.577. The molecule has 1 aliphatic heterocycles. The van der Waals surface area contributed by atoms with Crippen LogP contribution in [-0.2, 0) is 9.59 Å². The maximum atomic E-state index is 12.3. The predicted molar refractivity (Wildman–Crippen MR) is 101 cm³/mol. The SMILES string of the molecule is CC(C)C[C@H](N)C(=O)N1CCN(C(C)C(=O)NC2CC2)CC1.Cl.Cl. The fourth-order valence-electron chi connectivity index (χ4n) is 2.89. The maximum Gasteiger partial charge on any atom is 0.239 e. The van der Waals surface area contributed by atoms with E-state index in [1.807, 2.05) is 11.8 Å². The van der Waals surface area contributed by atoms with Crippen molar-refractivity contribution in [2.75, 3.05) is 26.2 Å². The summed E-state index contributed by atoms with van der Waals surface area (Å²) in [6, 6.07) is -0.129. The first-order valence-corrected chi connectivity index (χ1v) is 8.47. The molecule has 0 radical (unpaired) electrons. The number of rotatable bonds is 6. The van der Waals surface area contributed by atoms with Crippen LogP contribution in [0.25, 0.3) is 0 Å². The molecular weight excluding hydrogens is 351 g/mol. The van der Waals surface area contributed by atoms with Crippen LogP contribution in [0.2, 0.25) is 0 Å². The average Bonchev–Trinajstić information content (AvgIpc) is 3.29. The lowest BCUT2D eigenvalue weighted by atomic mass is 10.0. The minimum atomic E-state index is -0.401. The van der Waals surface area contributed by atoms with E-state index in [9.17, 15) is 9.59 Å². The summed E-state index contributed by atoms with van der Waals surface area (Å²) in [7, 11) is 0. The van der Waals surface area contributed by atoms with Gasteiger partial charge in [-0.1, -0.05) is 13.8 Å². The van der Waals surface area contributed by atoms with Crippen LogP contribution in [0.15, 0.2) is 0 Å². The fourth-order valence-corrected chi connectivity index (χ4v) is 2.89. The number of nitrogens with two attached hydrogens (primary N) is 1. The zero-order valence-electron chi connectivity index (χ0n) is 14.9. The molecule has 1 saturated heterocycles. The van der Waals surface area contributed by atoms with Crippen molar-refractivity contribution < 1.29 is 9.59 Å². The third-order valence-corrected chi connectivity index (χ3v) is 4.52. The molecule has 8 heteroatoms. The minimum absolute atomic E-state index is 0. The Bertz CT molecular complexity index is 411. The van der Waals surface area contributed by atoms with Crippen molar-refractivity contribution in [3.8, 4) is 0 Å². The number of hydrogen-bond acceptors (Lipinski definition) is 4. The van der Waals surface area contributed by atoms with Crippen LogP contribution >= 0.6 is 24.8 Å². The van der Waals surface area contributed by atoms with Gasteiger partial charge in [0.2, 0.25) is 11.8 Å². The summed E-state index contributed by atoms with van der Waals surface area (Å²) in [6.07, 6.45) is 2.93. The molecule has 0 aromatic rings. The van der Waals surface area contributed by atoms with E-state index in [4.69, 9.17) is 5.73 Å². The predicted octanol–water partition coefficient (Wildman–Crippen LogP) is 1.01. The molecule has 1 unspecified atom stereocenters. The molecule has 2 aliphatic rings. The van der Waals surface area contributed by atoms with Crippen LogP contribution in [0.5, 0.6) is 0 Å². The molecule has 6 nitrogen and oxygen atoms in total. The highest BCUT2D eigenvalue weighted by Gasteiger charge is 2.31. The lowest BCUT2D eigenvalue weighted by Gasteiger charge is -2.38. The molecule has 24 heavy (non-hydrogen) atoms. The van der Waals surface area contributed by atoms with Crippen molar-refractivity contribution in [2.24, 2.45) is 11.7 Å². The number of carbonyl (C=O) groups is 2. The Labute approximate surface area is 157 Å². The van der Waals surface area contributed by atoms with Crippen molar-refractivity contribution in [3.05, 3.63) is 0 Å². The average molecular weight is 383 g/mol. The number of halogens is 2. The first-order valence-electron chi connectivity index (χ1n) is 8.47. The zero-order valence-corrected chi connectivity index (χ0v) is 16.5. The van der Waals surface area contributed by atoms with Gasteiger partial charge in [-0.2, -0.15) is 0 Å². The normalized spacial score (nSPS) is 20.6. The minimum Gasteiger partial charge on any atom is -0.352 e. The van der Waals surface area contributed by atoms with E-state index < -0.39 is 6.04 Å². The van der Waals surface area contributed by atoms with Crippen molar-refractivity contribution in [2.45, 2.75) is 58.2 Å². The fraction of sp³-hybridized carbons (Fsp3) is 0.875. The van der Waals surface area contributed by atoms with Crippen LogP contribution < -0.4 is 11.1 Å². The molecule has 0 spiro atoms. The van der Waals surface area contributed by atoms with Crippen LogP contribution in [0, 0.1) is 5.92 Å². The van der Waals surface area contributed by atoms with Crippen LogP contribution in [0.1, 0.15) is 40.0 Å². The molecule has 2 amide bonds. The van der Waals surface area contributed by atoms with Gasteiger partial charge in [0.05, 0.1) is 12.1 Å². The van der Waals surface area contributed by atoms with Crippen molar-refractivity contribution in [1.82, 2.24) is 15.1 Å². The Hall–Kier alpha value is -0.560. The van der Waals surface area contributed by atoms with E-state index in [0.29, 0.717) is 25.0 Å². The second kappa shape index (κ2) is 10.4. The second-order valence-corrected chi connectivity index (χ2v) is 7.06. The Morgan fingerprint density at radius 1 is 1.08 bits per heavy atom. The second-order valence-electron chi connectivity index (χ2n) is 7.06. The van der Waals surface area contributed by atoms with Gasteiger partial charge >= 0.3 is 0 Å². The monoisotopic (exact) mass is 382 g/mol. The smallest absolute Gasteiger partial charge is 0.239 e. The third kappa shape index (κ3) is 6.75. The van der Waals surface area contributed by atoms with Gasteiger partial charge in [0.1, 0.15) is 0 Å². The summed E-state index contributed by atoms with van der Waals surface area (Å²) in [6.45, 7) is 8.88. The summed E-state index contributed by atoms with van der Waals surface area (Å²) in [5, 5.41) is 3.04. The number of carbonyl (C=O) groups excluding carboxylic acids is 2. The lowest BCUT2D eigenvalue weighted by molar-refractivity contribution is -0.135. The van der Waals surface area contributed by atoms with Crippen LogP contribution in [0.3, 0.4) is 0 Å². The van der Waals surface area contributed by atoms with Gasteiger partial charge in [-0.25, -0.2) is 0 Å². The van der Waals surface area contributed by atoms with Gasteiger partial charge in [0.15, 0.2) is 0 Å². The van der Waals surface area contributed by atoms with E-state index in [1.54, 1.807) is 0 Å². The van der Waals surface area contributed by atoms with Gasteiger partial charge < -0.3 is 16.0 Å². The molecule has 0 bridgehead atoms. The quantitative estimate of drug-likeness (QED) is 0.718. The van der Waals surface area contributed by atoms with Crippen LogP contribution in [0.4, 0.5) is 0 Å².